The monoisotopic (exact) mass is 502 g/mol. The van der Waals surface area contributed by atoms with Crippen molar-refractivity contribution >= 4 is 11.8 Å². The summed E-state index contributed by atoms with van der Waals surface area (Å²) in [6.45, 7) is 1.00. The molecule has 2 heterocycles. The molecule has 5 atom stereocenters. The van der Waals surface area contributed by atoms with Crippen LogP contribution in [-0.4, -0.2) is 47.1 Å². The molecule has 2 aromatic rings. The molecule has 1 aromatic heterocycles. The van der Waals surface area contributed by atoms with E-state index in [9.17, 15) is 27.9 Å². The third-order valence-corrected chi connectivity index (χ3v) is 8.20. The van der Waals surface area contributed by atoms with E-state index >= 15 is 0 Å². The van der Waals surface area contributed by atoms with Crippen molar-refractivity contribution in [2.24, 2.45) is 17.8 Å². The number of carbonyl (C=O) groups is 2. The van der Waals surface area contributed by atoms with Crippen molar-refractivity contribution in [3.63, 3.8) is 0 Å². The van der Waals surface area contributed by atoms with E-state index in [2.05, 4.69) is 20.9 Å². The zero-order valence-electron chi connectivity index (χ0n) is 19.6. The second-order valence-electron chi connectivity index (χ2n) is 10.3. The van der Waals surface area contributed by atoms with E-state index in [4.69, 9.17) is 0 Å². The molecule has 5 rings (SSSR count). The summed E-state index contributed by atoms with van der Waals surface area (Å²) >= 11 is 0. The lowest BCUT2D eigenvalue weighted by atomic mass is 9.68. The van der Waals surface area contributed by atoms with Gasteiger partial charge in [0.2, 0.25) is 5.91 Å². The van der Waals surface area contributed by atoms with Crippen LogP contribution in [0.1, 0.15) is 47.3 Å². The first-order valence-electron chi connectivity index (χ1n) is 12.2. The number of carbonyl (C=O) groups excluding carboxylic acids is 2. The Labute approximate surface area is 206 Å². The molecule has 2 aliphatic carbocycles. The number of hydrogen-bond acceptors (Lipinski definition) is 5. The minimum absolute atomic E-state index is 0.0531. The standard InChI is InChI=1S/C26H29F3N4O3/c27-26(28,29)18-5-3-4-16(10-18)23(35)32-14-22(34)33-24(7-9-30-15-24)20-12-19-11-17(20)13-25(19,36)21-6-1-2-8-31-21/h1-6,8,10,17,19-20,30,36H,7,9,11-15H2,(H,32,35)(H,33,34)/t17?,19?,20?,24-,25?/m0/s1. The Morgan fingerprint density at radius 1 is 1.17 bits per heavy atom. The Balaban J connectivity index is 1.23. The number of hydrogen-bond donors (Lipinski definition) is 4. The van der Waals surface area contributed by atoms with Crippen LogP contribution < -0.4 is 16.0 Å². The number of halogens is 3. The minimum Gasteiger partial charge on any atom is -0.383 e. The molecule has 2 amide bonds. The number of fused-ring (bicyclic) bond motifs is 2. The highest BCUT2D eigenvalue weighted by Crippen LogP contribution is 2.60. The number of nitrogens with one attached hydrogen (secondary N) is 3. The Morgan fingerprint density at radius 2 is 2.00 bits per heavy atom. The fourth-order valence-corrected chi connectivity index (χ4v) is 6.56. The predicted octanol–water partition coefficient (Wildman–Crippen LogP) is 2.61. The summed E-state index contributed by atoms with van der Waals surface area (Å²) in [6, 6.07) is 9.67. The summed E-state index contributed by atoms with van der Waals surface area (Å²) in [6.07, 6.45) is 0.0728. The van der Waals surface area contributed by atoms with Crippen LogP contribution in [0.15, 0.2) is 48.7 Å². The quantitative estimate of drug-likeness (QED) is 0.486. The van der Waals surface area contributed by atoms with Crippen molar-refractivity contribution in [3.8, 4) is 0 Å². The van der Waals surface area contributed by atoms with Gasteiger partial charge in [-0.25, -0.2) is 0 Å². The first-order valence-corrected chi connectivity index (χ1v) is 12.2. The molecule has 0 radical (unpaired) electrons. The Hall–Kier alpha value is -2.98. The molecule has 2 saturated carbocycles. The van der Waals surface area contributed by atoms with Crippen LogP contribution >= 0.6 is 0 Å². The highest BCUT2D eigenvalue weighted by atomic mass is 19.4. The lowest BCUT2D eigenvalue weighted by molar-refractivity contribution is -0.137. The third-order valence-electron chi connectivity index (χ3n) is 8.20. The molecule has 0 spiro atoms. The van der Waals surface area contributed by atoms with Crippen LogP contribution in [0.4, 0.5) is 13.2 Å². The number of nitrogens with zero attached hydrogens (tertiary/aromatic N) is 1. The van der Waals surface area contributed by atoms with E-state index in [1.807, 2.05) is 18.2 Å². The summed E-state index contributed by atoms with van der Waals surface area (Å²) < 4.78 is 38.9. The zero-order chi connectivity index (χ0) is 25.6. The zero-order valence-corrected chi connectivity index (χ0v) is 19.6. The third kappa shape index (κ3) is 4.48. The van der Waals surface area contributed by atoms with E-state index in [0.717, 1.165) is 44.0 Å². The predicted molar refractivity (Wildman–Crippen MR) is 125 cm³/mol. The largest absolute Gasteiger partial charge is 0.416 e. The summed E-state index contributed by atoms with van der Waals surface area (Å²) in [7, 11) is 0. The lowest BCUT2D eigenvalue weighted by Gasteiger charge is -2.44. The Morgan fingerprint density at radius 3 is 2.64 bits per heavy atom. The summed E-state index contributed by atoms with van der Waals surface area (Å²) in [5.41, 5.74) is -1.84. The highest BCUT2D eigenvalue weighted by molar-refractivity contribution is 5.96. The molecule has 1 saturated heterocycles. The lowest BCUT2D eigenvalue weighted by Crippen LogP contribution is -2.59. The van der Waals surface area contributed by atoms with Crippen molar-refractivity contribution in [1.29, 1.82) is 0 Å². The van der Waals surface area contributed by atoms with Crippen molar-refractivity contribution in [1.82, 2.24) is 20.9 Å². The molecular formula is C26H29F3N4O3. The highest BCUT2D eigenvalue weighted by Gasteiger charge is 2.61. The van der Waals surface area contributed by atoms with E-state index in [0.29, 0.717) is 18.7 Å². The summed E-state index contributed by atoms with van der Waals surface area (Å²) in [5, 5.41) is 20.3. The normalized spacial score (nSPS) is 31.4. The fourth-order valence-electron chi connectivity index (χ4n) is 6.56. The number of amides is 2. The summed E-state index contributed by atoms with van der Waals surface area (Å²) in [5.74, 6) is -0.680. The fraction of sp³-hybridized carbons (Fsp3) is 0.500. The van der Waals surface area contributed by atoms with Gasteiger partial charge in [-0.15, -0.1) is 0 Å². The van der Waals surface area contributed by atoms with Crippen LogP contribution in [0.25, 0.3) is 0 Å². The van der Waals surface area contributed by atoms with Gasteiger partial charge in [-0.3, -0.25) is 14.6 Å². The van der Waals surface area contributed by atoms with E-state index in [1.165, 1.54) is 6.07 Å². The minimum atomic E-state index is -4.56. The van der Waals surface area contributed by atoms with E-state index in [-0.39, 0.29) is 35.8 Å². The van der Waals surface area contributed by atoms with Crippen molar-refractivity contribution in [3.05, 3.63) is 65.5 Å². The molecule has 7 nitrogen and oxygen atoms in total. The van der Waals surface area contributed by atoms with Crippen molar-refractivity contribution in [2.45, 2.75) is 43.0 Å². The van der Waals surface area contributed by atoms with Crippen LogP contribution in [0.2, 0.25) is 0 Å². The van der Waals surface area contributed by atoms with Gasteiger partial charge in [-0.05, 0) is 80.3 Å². The molecule has 4 N–H and O–H groups in total. The molecule has 192 valence electrons. The van der Waals surface area contributed by atoms with Gasteiger partial charge in [0.1, 0.15) is 5.60 Å². The number of aromatic nitrogens is 1. The van der Waals surface area contributed by atoms with Gasteiger partial charge >= 0.3 is 6.18 Å². The van der Waals surface area contributed by atoms with Gasteiger partial charge in [-0.1, -0.05) is 12.1 Å². The number of rotatable bonds is 6. The van der Waals surface area contributed by atoms with Gasteiger partial charge in [0.25, 0.3) is 5.91 Å². The smallest absolute Gasteiger partial charge is 0.383 e. The van der Waals surface area contributed by atoms with Gasteiger partial charge in [0.15, 0.2) is 0 Å². The van der Waals surface area contributed by atoms with Crippen LogP contribution in [0.5, 0.6) is 0 Å². The molecule has 36 heavy (non-hydrogen) atoms. The van der Waals surface area contributed by atoms with Gasteiger partial charge in [0.05, 0.1) is 23.3 Å². The molecule has 1 aromatic carbocycles. The Kier molecular flexibility index (Phi) is 6.28. The SMILES string of the molecule is O=C(CNC(=O)c1cccc(C(F)(F)F)c1)N[C@@]1(C2CC3CC2CC3(O)c2ccccn2)CCNC1. The van der Waals surface area contributed by atoms with Crippen LogP contribution in [0.3, 0.4) is 0 Å². The van der Waals surface area contributed by atoms with Gasteiger partial charge in [-0.2, -0.15) is 13.2 Å². The average molecular weight is 503 g/mol. The first-order chi connectivity index (χ1) is 17.1. The molecule has 3 fully saturated rings. The van der Waals surface area contributed by atoms with E-state index in [1.54, 1.807) is 6.20 Å². The topological polar surface area (TPSA) is 103 Å². The van der Waals surface area contributed by atoms with Gasteiger partial charge < -0.3 is 21.1 Å². The van der Waals surface area contributed by atoms with Crippen molar-refractivity contribution < 1.29 is 27.9 Å². The van der Waals surface area contributed by atoms with Crippen LogP contribution in [-0.2, 0) is 16.6 Å². The molecule has 10 heteroatoms. The molecule has 1 aliphatic heterocycles. The second-order valence-corrected chi connectivity index (χ2v) is 10.3. The Bertz CT molecular complexity index is 1140. The number of alkyl halides is 3. The number of pyridine rings is 1. The molecule has 3 aliphatic rings. The van der Waals surface area contributed by atoms with E-state index < -0.39 is 28.8 Å². The maximum atomic E-state index is 13.0. The number of aliphatic hydroxyl groups is 1. The summed E-state index contributed by atoms with van der Waals surface area (Å²) in [4.78, 5) is 29.7. The molecular weight excluding hydrogens is 473 g/mol. The maximum Gasteiger partial charge on any atom is 0.416 e. The first kappa shape index (κ1) is 24.7. The van der Waals surface area contributed by atoms with Gasteiger partial charge in [0, 0.05) is 18.3 Å². The van der Waals surface area contributed by atoms with Crippen molar-refractivity contribution in [2.75, 3.05) is 19.6 Å². The van der Waals surface area contributed by atoms with Crippen LogP contribution in [0, 0.1) is 17.8 Å². The maximum absolute atomic E-state index is 13.0. The average Bonchev–Trinajstić information content (AvgIpc) is 3.58. The second kappa shape index (κ2) is 9.15. The number of benzene rings is 1. The molecule has 4 unspecified atom stereocenters. The molecule has 2 bridgehead atoms.